The van der Waals surface area contributed by atoms with Crippen LogP contribution in [0.25, 0.3) is 10.2 Å². The summed E-state index contributed by atoms with van der Waals surface area (Å²) in [4.78, 5) is 53.1. The number of fused-ring (bicyclic) bond motifs is 1. The number of nitrogens with one attached hydrogen (secondary N) is 2. The van der Waals surface area contributed by atoms with E-state index in [1.165, 1.54) is 42.2 Å². The molecule has 178 valence electrons. The number of aromatic nitrogens is 1. The summed E-state index contributed by atoms with van der Waals surface area (Å²) in [5, 5.41) is 16.5. The van der Waals surface area contributed by atoms with Crippen molar-refractivity contribution in [3.63, 3.8) is 0 Å². The summed E-state index contributed by atoms with van der Waals surface area (Å²) >= 11 is 2.79. The van der Waals surface area contributed by atoms with E-state index in [4.69, 9.17) is 0 Å². The van der Waals surface area contributed by atoms with E-state index in [9.17, 15) is 24.5 Å². The monoisotopic (exact) mass is 501 g/mol. The molecule has 0 fully saturated rings. The molecule has 2 N–H and O–H groups in total. The van der Waals surface area contributed by atoms with Gasteiger partial charge in [0.05, 0.1) is 20.9 Å². The van der Waals surface area contributed by atoms with Crippen LogP contribution >= 0.6 is 23.1 Å². The van der Waals surface area contributed by atoms with E-state index in [2.05, 4.69) is 15.6 Å². The van der Waals surface area contributed by atoms with Crippen molar-refractivity contribution < 1.29 is 19.3 Å². The van der Waals surface area contributed by atoms with Crippen LogP contribution < -0.4 is 10.6 Å². The van der Waals surface area contributed by atoms with Crippen LogP contribution in [0.2, 0.25) is 0 Å². The fraction of sp³-hybridized carbons (Fsp3) is 0.273. The normalized spacial score (nSPS) is 10.7. The molecule has 0 saturated carbocycles. The van der Waals surface area contributed by atoms with E-state index in [-0.39, 0.29) is 22.8 Å². The van der Waals surface area contributed by atoms with Gasteiger partial charge in [0.25, 0.3) is 11.6 Å². The number of hydrogen-bond acceptors (Lipinski definition) is 8. The lowest BCUT2D eigenvalue weighted by Crippen LogP contribution is -2.31. The number of rotatable bonds is 9. The number of benzene rings is 2. The Hall–Kier alpha value is -3.51. The number of anilines is 2. The summed E-state index contributed by atoms with van der Waals surface area (Å²) in [5.41, 5.74) is 0.976. The van der Waals surface area contributed by atoms with Crippen molar-refractivity contribution in [3.05, 3.63) is 52.1 Å². The maximum atomic E-state index is 12.7. The van der Waals surface area contributed by atoms with Crippen LogP contribution in [0, 0.1) is 10.1 Å². The maximum Gasteiger partial charge on any atom is 0.293 e. The zero-order valence-electron chi connectivity index (χ0n) is 18.8. The lowest BCUT2D eigenvalue weighted by molar-refractivity contribution is -0.384. The first-order valence-corrected chi connectivity index (χ1v) is 12.2. The predicted molar refractivity (Wildman–Crippen MR) is 134 cm³/mol. The fourth-order valence-corrected chi connectivity index (χ4v) is 5.17. The number of carbonyl (C=O) groups is 3. The number of nitrogens with zero attached hydrogens (tertiary/aromatic N) is 3. The number of nitro groups is 1. The zero-order valence-corrected chi connectivity index (χ0v) is 20.4. The second-order valence-corrected chi connectivity index (χ2v) is 9.39. The van der Waals surface area contributed by atoms with Gasteiger partial charge in [-0.25, -0.2) is 4.98 Å². The summed E-state index contributed by atoms with van der Waals surface area (Å²) in [6.07, 6.45) is 0. The Morgan fingerprint density at radius 1 is 1.12 bits per heavy atom. The summed E-state index contributed by atoms with van der Waals surface area (Å²) in [5.74, 6) is -0.618. The standard InChI is InChI=1S/C22H23N5O5S2/c1-4-26(5-2)20(29)12-33-22-25-17-9-7-15(11-19(17)34-22)24-21(30)14-6-8-16(23-13(3)28)18(10-14)27(31)32/h6-11H,4-5,12H2,1-3H3,(H,23,28)(H,24,30). The van der Waals surface area contributed by atoms with E-state index in [1.54, 1.807) is 23.1 Å². The Labute approximate surface area is 203 Å². The van der Waals surface area contributed by atoms with Gasteiger partial charge in [-0.1, -0.05) is 11.8 Å². The molecule has 12 heteroatoms. The van der Waals surface area contributed by atoms with Crippen molar-refractivity contribution in [1.82, 2.24) is 9.88 Å². The molecule has 10 nitrogen and oxygen atoms in total. The second kappa shape index (κ2) is 11.1. The van der Waals surface area contributed by atoms with Crippen molar-refractivity contribution in [1.29, 1.82) is 0 Å². The molecule has 0 bridgehead atoms. The molecule has 34 heavy (non-hydrogen) atoms. The Kier molecular flexibility index (Phi) is 8.18. The largest absolute Gasteiger partial charge is 0.343 e. The first-order valence-electron chi connectivity index (χ1n) is 10.4. The van der Waals surface area contributed by atoms with Gasteiger partial charge in [-0.2, -0.15) is 0 Å². The lowest BCUT2D eigenvalue weighted by Gasteiger charge is -2.17. The Morgan fingerprint density at radius 3 is 2.50 bits per heavy atom. The molecule has 0 aliphatic carbocycles. The van der Waals surface area contributed by atoms with Crippen LogP contribution in [0.5, 0.6) is 0 Å². The maximum absolute atomic E-state index is 12.7. The average molecular weight is 502 g/mol. The summed E-state index contributed by atoms with van der Waals surface area (Å²) in [6.45, 7) is 6.45. The second-order valence-electron chi connectivity index (χ2n) is 7.14. The van der Waals surface area contributed by atoms with E-state index in [1.807, 2.05) is 13.8 Å². The molecule has 0 spiro atoms. The van der Waals surface area contributed by atoms with E-state index in [0.717, 1.165) is 20.6 Å². The van der Waals surface area contributed by atoms with Crippen molar-refractivity contribution in [2.45, 2.75) is 25.1 Å². The molecule has 0 radical (unpaired) electrons. The van der Waals surface area contributed by atoms with E-state index in [0.29, 0.717) is 24.5 Å². The van der Waals surface area contributed by atoms with Crippen LogP contribution in [0.1, 0.15) is 31.1 Å². The molecular weight excluding hydrogens is 478 g/mol. The minimum atomic E-state index is -0.657. The van der Waals surface area contributed by atoms with Crippen LogP contribution in [-0.4, -0.2) is 51.4 Å². The van der Waals surface area contributed by atoms with Gasteiger partial charge in [-0.3, -0.25) is 24.5 Å². The van der Waals surface area contributed by atoms with Gasteiger partial charge in [0, 0.05) is 37.3 Å². The van der Waals surface area contributed by atoms with Gasteiger partial charge < -0.3 is 15.5 Å². The molecule has 1 aromatic heterocycles. The molecule has 2 aromatic carbocycles. The van der Waals surface area contributed by atoms with Crippen LogP contribution in [0.4, 0.5) is 17.1 Å². The topological polar surface area (TPSA) is 135 Å². The highest BCUT2D eigenvalue weighted by molar-refractivity contribution is 8.01. The van der Waals surface area contributed by atoms with Crippen molar-refractivity contribution in [3.8, 4) is 0 Å². The van der Waals surface area contributed by atoms with Gasteiger partial charge in [-0.05, 0) is 44.2 Å². The number of amides is 3. The Bertz CT molecular complexity index is 1260. The minimum absolute atomic E-state index is 0.0182. The van der Waals surface area contributed by atoms with Crippen LogP contribution in [-0.2, 0) is 9.59 Å². The third kappa shape index (κ3) is 6.08. The quantitative estimate of drug-likeness (QED) is 0.252. The third-order valence-electron chi connectivity index (χ3n) is 4.83. The van der Waals surface area contributed by atoms with Crippen molar-refractivity contribution in [2.24, 2.45) is 0 Å². The van der Waals surface area contributed by atoms with Gasteiger partial charge in [0.15, 0.2) is 4.34 Å². The summed E-state index contributed by atoms with van der Waals surface area (Å²) in [7, 11) is 0. The number of thiazole rings is 1. The molecule has 0 atom stereocenters. The molecule has 0 unspecified atom stereocenters. The molecule has 3 rings (SSSR count). The first-order chi connectivity index (χ1) is 16.2. The SMILES string of the molecule is CCN(CC)C(=O)CSc1nc2ccc(NC(=O)c3ccc(NC(C)=O)c([N+](=O)[O-])c3)cc2s1. The predicted octanol–water partition coefficient (Wildman–Crippen LogP) is 4.38. The zero-order chi connectivity index (χ0) is 24.8. The van der Waals surface area contributed by atoms with Gasteiger partial charge in [-0.15, -0.1) is 11.3 Å². The summed E-state index contributed by atoms with van der Waals surface area (Å²) in [6, 6.07) is 9.06. The van der Waals surface area contributed by atoms with Crippen molar-refractivity contribution in [2.75, 3.05) is 29.5 Å². The smallest absolute Gasteiger partial charge is 0.293 e. The highest BCUT2D eigenvalue weighted by atomic mass is 32.2. The first kappa shape index (κ1) is 25.1. The molecular formula is C22H23N5O5S2. The van der Waals surface area contributed by atoms with E-state index >= 15 is 0 Å². The van der Waals surface area contributed by atoms with Crippen LogP contribution in [0.3, 0.4) is 0 Å². The van der Waals surface area contributed by atoms with Gasteiger partial charge >= 0.3 is 0 Å². The highest BCUT2D eigenvalue weighted by Crippen LogP contribution is 2.32. The molecule has 0 saturated heterocycles. The number of thioether (sulfide) groups is 1. The number of nitro benzene ring substituents is 1. The van der Waals surface area contributed by atoms with Gasteiger partial charge in [0.2, 0.25) is 11.8 Å². The Morgan fingerprint density at radius 2 is 1.85 bits per heavy atom. The Balaban J connectivity index is 1.73. The van der Waals surface area contributed by atoms with Crippen molar-refractivity contribution >= 4 is 68.1 Å². The van der Waals surface area contributed by atoms with E-state index < -0.39 is 16.7 Å². The minimum Gasteiger partial charge on any atom is -0.343 e. The highest BCUT2D eigenvalue weighted by Gasteiger charge is 2.19. The summed E-state index contributed by atoms with van der Waals surface area (Å²) < 4.78 is 1.59. The molecule has 0 aliphatic rings. The molecule has 3 amide bonds. The molecule has 0 aliphatic heterocycles. The van der Waals surface area contributed by atoms with Crippen LogP contribution in [0.15, 0.2) is 40.7 Å². The fourth-order valence-electron chi connectivity index (χ4n) is 3.16. The molecule has 1 heterocycles. The third-order valence-corrected chi connectivity index (χ3v) is 6.98. The number of hydrogen-bond donors (Lipinski definition) is 2. The lowest BCUT2D eigenvalue weighted by atomic mass is 10.1. The molecule has 3 aromatic rings. The van der Waals surface area contributed by atoms with Gasteiger partial charge in [0.1, 0.15) is 5.69 Å². The number of carbonyl (C=O) groups excluding carboxylic acids is 3. The average Bonchev–Trinajstić information content (AvgIpc) is 3.20.